The number of carbonyl (C=O) groups is 3. The lowest BCUT2D eigenvalue weighted by Crippen LogP contribution is -2.77. The van der Waals surface area contributed by atoms with Crippen molar-refractivity contribution in [1.82, 2.24) is 16.1 Å². The summed E-state index contributed by atoms with van der Waals surface area (Å²) in [6.07, 6.45) is 11.4. The Balaban J connectivity index is 1.63. The van der Waals surface area contributed by atoms with Gasteiger partial charge in [-0.25, -0.2) is 4.79 Å². The Hall–Kier alpha value is -1.71. The third-order valence-electron chi connectivity index (χ3n) is 9.26. The number of hydrogen-bond acceptors (Lipinski definition) is 7. The first-order chi connectivity index (χ1) is 16.8. The average Bonchev–Trinajstić information content (AvgIpc) is 3.38. The van der Waals surface area contributed by atoms with Crippen LogP contribution in [0.5, 0.6) is 0 Å². The van der Waals surface area contributed by atoms with Crippen LogP contribution in [0.2, 0.25) is 0 Å². The molecule has 0 unspecified atom stereocenters. The van der Waals surface area contributed by atoms with Gasteiger partial charge in [0.1, 0.15) is 12.1 Å². The highest BCUT2D eigenvalue weighted by Crippen LogP contribution is 2.44. The van der Waals surface area contributed by atoms with E-state index in [1.54, 1.807) is 0 Å². The van der Waals surface area contributed by atoms with Crippen molar-refractivity contribution in [2.45, 2.75) is 120 Å². The van der Waals surface area contributed by atoms with Crippen LogP contribution in [0.1, 0.15) is 96.8 Å². The molecule has 5 N–H and O–H groups in total. The van der Waals surface area contributed by atoms with Gasteiger partial charge in [-0.05, 0) is 50.9 Å². The molecule has 0 bridgehead atoms. The van der Waals surface area contributed by atoms with Gasteiger partial charge < -0.3 is 25.7 Å². The second-order valence-corrected chi connectivity index (χ2v) is 11.5. The van der Waals surface area contributed by atoms with Crippen molar-refractivity contribution in [3.05, 3.63) is 0 Å². The van der Waals surface area contributed by atoms with Crippen molar-refractivity contribution in [2.24, 2.45) is 17.8 Å². The van der Waals surface area contributed by atoms with E-state index in [1.807, 2.05) is 6.92 Å². The van der Waals surface area contributed by atoms with Crippen LogP contribution in [0.3, 0.4) is 0 Å². The van der Waals surface area contributed by atoms with E-state index in [1.165, 1.54) is 0 Å². The van der Waals surface area contributed by atoms with E-state index in [4.69, 9.17) is 4.74 Å². The normalized spacial score (nSPS) is 37.2. The lowest BCUT2D eigenvalue weighted by atomic mass is 9.61. The Kier molecular flexibility index (Phi) is 8.38. The van der Waals surface area contributed by atoms with Crippen molar-refractivity contribution in [3.63, 3.8) is 0 Å². The number of aliphatic hydroxyl groups is 1. The van der Waals surface area contributed by atoms with E-state index in [0.717, 1.165) is 77.0 Å². The maximum atomic E-state index is 14.2. The van der Waals surface area contributed by atoms with Crippen LogP contribution in [0.4, 0.5) is 4.79 Å². The SMILES string of the molecule is C[C@H]1NC(=O)[C@@](O)(COC(=O)NC2CCCCC2)[C@@](CC2CCCC2)(NO)C(=O)[C@@H]2CCCC[C@@H]12. The van der Waals surface area contributed by atoms with Crippen LogP contribution in [0.15, 0.2) is 0 Å². The molecule has 0 aromatic heterocycles. The van der Waals surface area contributed by atoms with Crippen LogP contribution in [0.25, 0.3) is 0 Å². The second-order valence-electron chi connectivity index (χ2n) is 11.5. The summed E-state index contributed by atoms with van der Waals surface area (Å²) in [4.78, 5) is 40.4. The highest BCUT2D eigenvalue weighted by molar-refractivity contribution is 6.01. The quantitative estimate of drug-likeness (QED) is 0.359. The van der Waals surface area contributed by atoms with Gasteiger partial charge in [-0.1, -0.05) is 57.8 Å². The number of ether oxygens (including phenoxy) is 1. The maximum absolute atomic E-state index is 14.2. The third kappa shape index (κ3) is 5.23. The molecule has 1 heterocycles. The molecular formula is C26H43N3O6. The maximum Gasteiger partial charge on any atom is 0.407 e. The number of hydrogen-bond donors (Lipinski definition) is 5. The number of alkyl carbamates (subject to hydrolysis) is 1. The molecule has 0 aromatic rings. The predicted molar refractivity (Wildman–Crippen MR) is 129 cm³/mol. The van der Waals surface area contributed by atoms with Gasteiger partial charge >= 0.3 is 6.09 Å². The van der Waals surface area contributed by atoms with Crippen molar-refractivity contribution in [3.8, 4) is 0 Å². The number of fused-ring (bicyclic) bond motifs is 1. The van der Waals surface area contributed by atoms with E-state index < -0.39 is 35.7 Å². The van der Waals surface area contributed by atoms with Crippen molar-refractivity contribution in [1.29, 1.82) is 0 Å². The first-order valence-electron chi connectivity index (χ1n) is 13.7. The van der Waals surface area contributed by atoms with Crippen LogP contribution in [-0.2, 0) is 14.3 Å². The first kappa shape index (κ1) is 26.4. The summed E-state index contributed by atoms with van der Waals surface area (Å²) in [6.45, 7) is 1.15. The van der Waals surface area contributed by atoms with Crippen LogP contribution in [-0.4, -0.2) is 57.9 Å². The number of rotatable bonds is 6. The smallest absolute Gasteiger partial charge is 0.407 e. The van der Waals surface area contributed by atoms with Gasteiger partial charge in [0, 0.05) is 18.0 Å². The number of nitrogens with one attached hydrogen (secondary N) is 3. The number of carbonyl (C=O) groups excluding carboxylic acids is 3. The molecule has 4 rings (SSSR count). The van der Waals surface area contributed by atoms with E-state index in [9.17, 15) is 24.7 Å². The average molecular weight is 494 g/mol. The lowest BCUT2D eigenvalue weighted by Gasteiger charge is -2.50. The Labute approximate surface area is 208 Å². The molecule has 4 aliphatic rings. The third-order valence-corrected chi connectivity index (χ3v) is 9.26. The van der Waals surface area contributed by atoms with Gasteiger partial charge in [0.25, 0.3) is 5.91 Å². The van der Waals surface area contributed by atoms with Crippen molar-refractivity contribution < 1.29 is 29.4 Å². The zero-order chi connectivity index (χ0) is 25.1. The zero-order valence-electron chi connectivity index (χ0n) is 21.0. The van der Waals surface area contributed by atoms with Gasteiger partial charge in [0.05, 0.1) is 0 Å². The van der Waals surface area contributed by atoms with Gasteiger partial charge in [-0.15, -0.1) is 0 Å². The van der Waals surface area contributed by atoms with Gasteiger partial charge in [0.15, 0.2) is 5.78 Å². The Morgan fingerprint density at radius 1 is 1.00 bits per heavy atom. The fourth-order valence-corrected chi connectivity index (χ4v) is 7.16. The fraction of sp³-hybridized carbons (Fsp3) is 0.885. The minimum absolute atomic E-state index is 0.000849. The summed E-state index contributed by atoms with van der Waals surface area (Å²) in [5.74, 6) is -1.50. The molecule has 1 aliphatic heterocycles. The number of hydroxylamine groups is 1. The number of amides is 2. The topological polar surface area (TPSA) is 137 Å². The molecule has 9 nitrogen and oxygen atoms in total. The molecule has 0 spiro atoms. The summed E-state index contributed by atoms with van der Waals surface area (Å²) >= 11 is 0. The fourth-order valence-electron chi connectivity index (χ4n) is 7.16. The molecular weight excluding hydrogens is 450 g/mol. The highest BCUT2D eigenvalue weighted by Gasteiger charge is 2.65. The highest BCUT2D eigenvalue weighted by atomic mass is 16.6. The van der Waals surface area contributed by atoms with E-state index in [0.29, 0.717) is 6.42 Å². The molecule has 198 valence electrons. The standard InChI is InChI=1S/C26H43N3O6/c1-17-20-13-7-8-14-21(20)22(30)25(29-34,15-18-9-5-6-10-18)26(33,23(31)27-17)16-35-24(32)28-19-11-3-2-4-12-19/h17-21,29,33-34H,2-16H2,1H3,(H,27,31)(H,28,32)/t17-,20+,21-,25+,26+/m1/s1. The summed E-state index contributed by atoms with van der Waals surface area (Å²) in [7, 11) is 0. The number of Topliss-reactive ketones (excluding diaryl/α,β-unsaturated/α-hetero) is 1. The molecule has 35 heavy (non-hydrogen) atoms. The Bertz CT molecular complexity index is 781. The monoisotopic (exact) mass is 493 g/mol. The van der Waals surface area contributed by atoms with Crippen molar-refractivity contribution >= 4 is 17.8 Å². The van der Waals surface area contributed by atoms with E-state index >= 15 is 0 Å². The summed E-state index contributed by atoms with van der Waals surface area (Å²) in [5, 5.41) is 28.3. The van der Waals surface area contributed by atoms with E-state index in [2.05, 4.69) is 16.1 Å². The summed E-state index contributed by atoms with van der Waals surface area (Å²) < 4.78 is 5.43. The lowest BCUT2D eigenvalue weighted by molar-refractivity contribution is -0.184. The molecule has 0 aromatic carbocycles. The predicted octanol–water partition coefficient (Wildman–Crippen LogP) is 2.97. The Morgan fingerprint density at radius 3 is 2.31 bits per heavy atom. The first-order valence-corrected chi connectivity index (χ1v) is 13.7. The zero-order valence-corrected chi connectivity index (χ0v) is 21.0. The molecule has 9 heteroatoms. The van der Waals surface area contributed by atoms with Crippen LogP contribution < -0.4 is 16.1 Å². The Morgan fingerprint density at radius 2 is 1.63 bits per heavy atom. The molecule has 3 saturated carbocycles. The molecule has 5 atom stereocenters. The van der Waals surface area contributed by atoms with Gasteiger partial charge in [-0.2, -0.15) is 5.48 Å². The van der Waals surface area contributed by atoms with Crippen molar-refractivity contribution in [2.75, 3.05) is 6.61 Å². The molecule has 4 fully saturated rings. The van der Waals surface area contributed by atoms with Crippen LogP contribution >= 0.6 is 0 Å². The number of ketones is 1. The van der Waals surface area contributed by atoms with Gasteiger partial charge in [0.2, 0.25) is 5.60 Å². The molecule has 1 saturated heterocycles. The van der Waals surface area contributed by atoms with Gasteiger partial charge in [-0.3, -0.25) is 9.59 Å². The molecule has 0 radical (unpaired) electrons. The molecule has 2 amide bonds. The van der Waals surface area contributed by atoms with E-state index in [-0.39, 0.29) is 36.1 Å². The summed E-state index contributed by atoms with van der Waals surface area (Å²) in [6, 6.07) is -0.316. The van der Waals surface area contributed by atoms with Crippen LogP contribution in [0, 0.1) is 17.8 Å². The minimum atomic E-state index is -2.44. The minimum Gasteiger partial charge on any atom is -0.446 e. The summed E-state index contributed by atoms with van der Waals surface area (Å²) in [5.41, 5.74) is -2.23. The molecule has 3 aliphatic carbocycles. The second kappa shape index (κ2) is 11.1. The largest absolute Gasteiger partial charge is 0.446 e.